The summed E-state index contributed by atoms with van der Waals surface area (Å²) in [5.41, 5.74) is 7.95. The lowest BCUT2D eigenvalue weighted by atomic mass is 10.1. The first-order chi connectivity index (χ1) is 6.31. The summed E-state index contributed by atoms with van der Waals surface area (Å²) >= 11 is 0. The maximum Gasteiger partial charge on any atom is 0.220 e. The molecule has 1 aliphatic carbocycles. The summed E-state index contributed by atoms with van der Waals surface area (Å²) in [5.74, 6) is 0.909. The van der Waals surface area contributed by atoms with Crippen LogP contribution in [0.1, 0.15) is 23.6 Å². The molecule has 0 radical (unpaired) electrons. The van der Waals surface area contributed by atoms with Gasteiger partial charge in [0.25, 0.3) is 0 Å². The Bertz CT molecular complexity index is 308. The molecule has 0 bridgehead atoms. The third-order valence-corrected chi connectivity index (χ3v) is 2.52. The SMILES string of the molecule is CNCC1CCc2cnc(N)nc21. The molecule has 1 heterocycles. The summed E-state index contributed by atoms with van der Waals surface area (Å²) in [6, 6.07) is 0. The maximum atomic E-state index is 5.55. The zero-order valence-electron chi connectivity index (χ0n) is 7.75. The van der Waals surface area contributed by atoms with Crippen LogP contribution < -0.4 is 11.1 Å². The van der Waals surface area contributed by atoms with E-state index >= 15 is 0 Å². The number of aryl methyl sites for hydroxylation is 1. The van der Waals surface area contributed by atoms with Crippen LogP contribution in [0.4, 0.5) is 5.95 Å². The second-order valence-electron chi connectivity index (χ2n) is 3.43. The lowest BCUT2D eigenvalue weighted by Gasteiger charge is -2.08. The van der Waals surface area contributed by atoms with Crippen molar-refractivity contribution in [3.05, 3.63) is 17.5 Å². The first kappa shape index (κ1) is 8.44. The Morgan fingerprint density at radius 3 is 3.31 bits per heavy atom. The number of aromatic nitrogens is 2. The van der Waals surface area contributed by atoms with Crippen molar-refractivity contribution in [3.8, 4) is 0 Å². The van der Waals surface area contributed by atoms with Gasteiger partial charge in [-0.15, -0.1) is 0 Å². The Morgan fingerprint density at radius 2 is 2.54 bits per heavy atom. The molecule has 0 aliphatic heterocycles. The Balaban J connectivity index is 2.29. The predicted molar refractivity (Wildman–Crippen MR) is 51.4 cm³/mol. The number of nitrogens with two attached hydrogens (primary N) is 1. The quantitative estimate of drug-likeness (QED) is 0.684. The molecule has 0 saturated heterocycles. The van der Waals surface area contributed by atoms with E-state index in [9.17, 15) is 0 Å². The predicted octanol–water partition coefficient (Wildman–Crippen LogP) is 0.308. The van der Waals surface area contributed by atoms with Gasteiger partial charge in [0.1, 0.15) is 0 Å². The van der Waals surface area contributed by atoms with E-state index in [0.717, 1.165) is 25.1 Å². The number of nitrogens with zero attached hydrogens (tertiary/aromatic N) is 2. The summed E-state index contributed by atoms with van der Waals surface area (Å²) in [6.45, 7) is 0.976. The molecule has 1 unspecified atom stereocenters. The molecule has 0 fully saturated rings. The van der Waals surface area contributed by atoms with E-state index < -0.39 is 0 Å². The molecule has 1 aliphatic rings. The lowest BCUT2D eigenvalue weighted by Crippen LogP contribution is -2.16. The highest BCUT2D eigenvalue weighted by Gasteiger charge is 2.23. The standard InChI is InChI=1S/C9H14N4/c1-11-4-6-2-3-7-5-12-9(10)13-8(6)7/h5-6,11H,2-4H2,1H3,(H2,10,12,13). The van der Waals surface area contributed by atoms with Crippen LogP contribution in [0.3, 0.4) is 0 Å². The number of anilines is 1. The minimum atomic E-state index is 0.391. The molecule has 4 nitrogen and oxygen atoms in total. The van der Waals surface area contributed by atoms with Crippen LogP contribution in [0.5, 0.6) is 0 Å². The number of nitrogens with one attached hydrogen (secondary N) is 1. The molecular weight excluding hydrogens is 164 g/mol. The molecule has 13 heavy (non-hydrogen) atoms. The van der Waals surface area contributed by atoms with Gasteiger partial charge in [-0.25, -0.2) is 9.97 Å². The van der Waals surface area contributed by atoms with Crippen LogP contribution in [0, 0.1) is 0 Å². The zero-order chi connectivity index (χ0) is 9.26. The average molecular weight is 178 g/mol. The van der Waals surface area contributed by atoms with Crippen molar-refractivity contribution < 1.29 is 0 Å². The fourth-order valence-corrected chi connectivity index (χ4v) is 1.89. The first-order valence-corrected chi connectivity index (χ1v) is 4.57. The molecule has 0 amide bonds. The van der Waals surface area contributed by atoms with Crippen molar-refractivity contribution in [2.24, 2.45) is 0 Å². The van der Waals surface area contributed by atoms with Gasteiger partial charge in [0, 0.05) is 18.7 Å². The van der Waals surface area contributed by atoms with E-state index in [0.29, 0.717) is 11.9 Å². The van der Waals surface area contributed by atoms with E-state index in [1.165, 1.54) is 5.56 Å². The molecule has 70 valence electrons. The fraction of sp³-hybridized carbons (Fsp3) is 0.556. The summed E-state index contributed by atoms with van der Waals surface area (Å²) in [4.78, 5) is 8.27. The fourth-order valence-electron chi connectivity index (χ4n) is 1.89. The van der Waals surface area contributed by atoms with Crippen LogP contribution in [0.2, 0.25) is 0 Å². The maximum absolute atomic E-state index is 5.55. The zero-order valence-corrected chi connectivity index (χ0v) is 7.75. The van der Waals surface area contributed by atoms with E-state index in [1.807, 2.05) is 13.2 Å². The highest BCUT2D eigenvalue weighted by atomic mass is 15.0. The van der Waals surface area contributed by atoms with Gasteiger partial charge in [0.15, 0.2) is 0 Å². The minimum Gasteiger partial charge on any atom is -0.368 e. The molecule has 0 aromatic carbocycles. The van der Waals surface area contributed by atoms with Gasteiger partial charge in [-0.1, -0.05) is 0 Å². The lowest BCUT2D eigenvalue weighted by molar-refractivity contribution is 0.613. The number of nitrogen functional groups attached to an aromatic ring is 1. The summed E-state index contributed by atoms with van der Waals surface area (Å²) < 4.78 is 0. The Labute approximate surface area is 77.6 Å². The van der Waals surface area contributed by atoms with Crippen LogP contribution in [-0.4, -0.2) is 23.6 Å². The minimum absolute atomic E-state index is 0.391. The molecule has 4 heteroatoms. The molecular formula is C9H14N4. The molecule has 1 aromatic rings. The molecule has 1 atom stereocenters. The third kappa shape index (κ3) is 1.49. The van der Waals surface area contributed by atoms with E-state index in [2.05, 4.69) is 15.3 Å². The monoisotopic (exact) mass is 178 g/mol. The first-order valence-electron chi connectivity index (χ1n) is 4.57. The van der Waals surface area contributed by atoms with Crippen molar-refractivity contribution in [1.29, 1.82) is 0 Å². The topological polar surface area (TPSA) is 63.8 Å². The van der Waals surface area contributed by atoms with Gasteiger partial charge in [-0.3, -0.25) is 0 Å². The molecule has 0 spiro atoms. The second kappa shape index (κ2) is 3.30. The summed E-state index contributed by atoms with van der Waals surface area (Å²) in [5, 5.41) is 3.17. The van der Waals surface area contributed by atoms with Gasteiger partial charge in [0.05, 0.1) is 5.69 Å². The van der Waals surface area contributed by atoms with Gasteiger partial charge in [-0.2, -0.15) is 0 Å². The summed E-state index contributed by atoms with van der Waals surface area (Å²) in [7, 11) is 1.96. The average Bonchev–Trinajstić information content (AvgIpc) is 2.49. The molecule has 0 saturated carbocycles. The van der Waals surface area contributed by atoms with Crippen LogP contribution >= 0.6 is 0 Å². The van der Waals surface area contributed by atoms with Gasteiger partial charge >= 0.3 is 0 Å². The largest absolute Gasteiger partial charge is 0.368 e. The highest BCUT2D eigenvalue weighted by Crippen LogP contribution is 2.30. The van der Waals surface area contributed by atoms with Gasteiger partial charge in [0.2, 0.25) is 5.95 Å². The highest BCUT2D eigenvalue weighted by molar-refractivity contribution is 5.31. The number of hydrogen-bond donors (Lipinski definition) is 2. The Morgan fingerprint density at radius 1 is 1.69 bits per heavy atom. The van der Waals surface area contributed by atoms with Crippen LogP contribution in [0.25, 0.3) is 0 Å². The smallest absolute Gasteiger partial charge is 0.220 e. The molecule has 1 aromatic heterocycles. The van der Waals surface area contributed by atoms with Crippen molar-refractivity contribution in [2.75, 3.05) is 19.3 Å². The number of likely N-dealkylation sites (N-methyl/N-ethyl adjacent to an activating group) is 1. The second-order valence-corrected chi connectivity index (χ2v) is 3.43. The number of hydrogen-bond acceptors (Lipinski definition) is 4. The third-order valence-electron chi connectivity index (χ3n) is 2.52. The number of fused-ring (bicyclic) bond motifs is 1. The number of rotatable bonds is 2. The van der Waals surface area contributed by atoms with Gasteiger partial charge < -0.3 is 11.1 Å². The van der Waals surface area contributed by atoms with Crippen LogP contribution in [0.15, 0.2) is 6.20 Å². The van der Waals surface area contributed by atoms with E-state index in [-0.39, 0.29) is 0 Å². The van der Waals surface area contributed by atoms with E-state index in [1.54, 1.807) is 0 Å². The summed E-state index contributed by atoms with van der Waals surface area (Å²) in [6.07, 6.45) is 4.10. The van der Waals surface area contributed by atoms with Gasteiger partial charge in [-0.05, 0) is 25.5 Å². The molecule has 2 rings (SSSR count). The van der Waals surface area contributed by atoms with Crippen LogP contribution in [-0.2, 0) is 6.42 Å². The van der Waals surface area contributed by atoms with Crippen molar-refractivity contribution in [2.45, 2.75) is 18.8 Å². The van der Waals surface area contributed by atoms with Crippen molar-refractivity contribution in [3.63, 3.8) is 0 Å². The van der Waals surface area contributed by atoms with E-state index in [4.69, 9.17) is 5.73 Å². The van der Waals surface area contributed by atoms with Crippen molar-refractivity contribution >= 4 is 5.95 Å². The Hall–Kier alpha value is -1.16. The van der Waals surface area contributed by atoms with Crippen molar-refractivity contribution in [1.82, 2.24) is 15.3 Å². The normalized spacial score (nSPS) is 20.2. The molecule has 3 N–H and O–H groups in total. The Kier molecular flexibility index (Phi) is 2.14.